The van der Waals surface area contributed by atoms with Crippen molar-refractivity contribution in [2.75, 3.05) is 5.32 Å². The highest BCUT2D eigenvalue weighted by Gasteiger charge is 2.23. The largest absolute Gasteiger partial charge is 0.391 e. The van der Waals surface area contributed by atoms with Gasteiger partial charge in [-0.3, -0.25) is 10.1 Å². The molecule has 5 nitrogen and oxygen atoms in total. The van der Waals surface area contributed by atoms with Gasteiger partial charge in [0, 0.05) is 22.3 Å². The van der Waals surface area contributed by atoms with Gasteiger partial charge in [0.05, 0.1) is 17.1 Å². The van der Waals surface area contributed by atoms with E-state index in [-0.39, 0.29) is 17.8 Å². The molecule has 1 fully saturated rings. The first-order valence-corrected chi connectivity index (χ1v) is 6.76. The van der Waals surface area contributed by atoms with E-state index >= 15 is 0 Å². The number of nitro benzene ring substituents is 1. The summed E-state index contributed by atoms with van der Waals surface area (Å²) >= 11 is 3.31. The van der Waals surface area contributed by atoms with Crippen molar-refractivity contribution in [2.24, 2.45) is 0 Å². The molecule has 1 aromatic rings. The van der Waals surface area contributed by atoms with Gasteiger partial charge < -0.3 is 10.4 Å². The number of non-ortho nitro benzene ring substituents is 1. The first kappa shape index (κ1) is 13.3. The molecule has 0 amide bonds. The SMILES string of the molecule is O=[N+]([O-])c1ccc(NC2CCCCC2O)c(Br)c1. The summed E-state index contributed by atoms with van der Waals surface area (Å²) < 4.78 is 0.648. The zero-order chi connectivity index (χ0) is 13.1. The minimum absolute atomic E-state index is 0.0245. The van der Waals surface area contributed by atoms with Crippen molar-refractivity contribution in [2.45, 2.75) is 37.8 Å². The standard InChI is InChI=1S/C12H15BrN2O3/c13-9-7-8(15(17)18)5-6-10(9)14-11-3-1-2-4-12(11)16/h5-7,11-12,14,16H,1-4H2. The predicted octanol–water partition coefficient (Wildman–Crippen LogP) is 3.07. The normalized spacial score (nSPS) is 23.7. The van der Waals surface area contributed by atoms with Gasteiger partial charge in [0.25, 0.3) is 5.69 Å². The third-order valence-corrected chi connectivity index (χ3v) is 3.89. The number of aliphatic hydroxyl groups is 1. The van der Waals surface area contributed by atoms with Gasteiger partial charge in [-0.05, 0) is 34.8 Å². The van der Waals surface area contributed by atoms with Crippen molar-refractivity contribution in [1.82, 2.24) is 0 Å². The molecule has 1 aliphatic carbocycles. The van der Waals surface area contributed by atoms with Crippen LogP contribution in [0.15, 0.2) is 22.7 Å². The van der Waals surface area contributed by atoms with E-state index in [1.165, 1.54) is 12.1 Å². The summed E-state index contributed by atoms with van der Waals surface area (Å²) in [5.74, 6) is 0. The first-order chi connectivity index (χ1) is 8.58. The molecular weight excluding hydrogens is 300 g/mol. The molecule has 0 bridgehead atoms. The molecule has 0 radical (unpaired) electrons. The molecule has 0 heterocycles. The molecule has 2 rings (SSSR count). The van der Waals surface area contributed by atoms with Crippen molar-refractivity contribution in [1.29, 1.82) is 0 Å². The molecule has 0 aliphatic heterocycles. The zero-order valence-electron chi connectivity index (χ0n) is 9.80. The maximum Gasteiger partial charge on any atom is 0.270 e. The fourth-order valence-corrected chi connectivity index (χ4v) is 2.70. The van der Waals surface area contributed by atoms with Crippen molar-refractivity contribution in [3.63, 3.8) is 0 Å². The van der Waals surface area contributed by atoms with E-state index in [1.54, 1.807) is 6.07 Å². The van der Waals surface area contributed by atoms with Crippen LogP contribution in [-0.4, -0.2) is 22.2 Å². The Morgan fingerprint density at radius 2 is 2.11 bits per heavy atom. The average molecular weight is 315 g/mol. The van der Waals surface area contributed by atoms with Crippen molar-refractivity contribution >= 4 is 27.3 Å². The first-order valence-electron chi connectivity index (χ1n) is 5.96. The molecule has 6 heteroatoms. The molecule has 18 heavy (non-hydrogen) atoms. The third-order valence-electron chi connectivity index (χ3n) is 3.23. The van der Waals surface area contributed by atoms with Gasteiger partial charge in [-0.1, -0.05) is 12.8 Å². The molecule has 0 aromatic heterocycles. The van der Waals surface area contributed by atoms with Crippen LogP contribution in [0.25, 0.3) is 0 Å². The maximum absolute atomic E-state index is 10.6. The number of anilines is 1. The van der Waals surface area contributed by atoms with Gasteiger partial charge in [-0.2, -0.15) is 0 Å². The van der Waals surface area contributed by atoms with E-state index in [9.17, 15) is 15.2 Å². The van der Waals surface area contributed by atoms with Crippen LogP contribution in [0, 0.1) is 10.1 Å². The third kappa shape index (κ3) is 3.00. The van der Waals surface area contributed by atoms with E-state index in [0.717, 1.165) is 31.4 Å². The second kappa shape index (κ2) is 5.67. The molecule has 1 saturated carbocycles. The Bertz CT molecular complexity index is 453. The van der Waals surface area contributed by atoms with Gasteiger partial charge in [0.1, 0.15) is 0 Å². The highest BCUT2D eigenvalue weighted by molar-refractivity contribution is 9.10. The second-order valence-electron chi connectivity index (χ2n) is 4.52. The van der Waals surface area contributed by atoms with Crippen molar-refractivity contribution < 1.29 is 10.0 Å². The number of benzene rings is 1. The van der Waals surface area contributed by atoms with Crippen LogP contribution < -0.4 is 5.32 Å². The van der Waals surface area contributed by atoms with Crippen LogP contribution in [0.2, 0.25) is 0 Å². The number of rotatable bonds is 3. The van der Waals surface area contributed by atoms with Crippen LogP contribution in [-0.2, 0) is 0 Å². The van der Waals surface area contributed by atoms with Crippen LogP contribution in [0.1, 0.15) is 25.7 Å². The fourth-order valence-electron chi connectivity index (χ4n) is 2.21. The van der Waals surface area contributed by atoms with E-state index in [1.807, 2.05) is 0 Å². The maximum atomic E-state index is 10.6. The summed E-state index contributed by atoms with van der Waals surface area (Å²) in [5.41, 5.74) is 0.836. The van der Waals surface area contributed by atoms with Gasteiger partial charge in [0.2, 0.25) is 0 Å². The Kier molecular flexibility index (Phi) is 4.19. The number of halogens is 1. The average Bonchev–Trinajstić information content (AvgIpc) is 2.34. The summed E-state index contributed by atoms with van der Waals surface area (Å²) in [7, 11) is 0. The monoisotopic (exact) mass is 314 g/mol. The number of aliphatic hydroxyl groups excluding tert-OH is 1. The smallest absolute Gasteiger partial charge is 0.270 e. The molecular formula is C12H15BrN2O3. The zero-order valence-corrected chi connectivity index (χ0v) is 11.4. The van der Waals surface area contributed by atoms with Gasteiger partial charge in [-0.25, -0.2) is 0 Å². The summed E-state index contributed by atoms with van der Waals surface area (Å²) in [5, 5.41) is 23.8. The van der Waals surface area contributed by atoms with Crippen LogP contribution in [0.5, 0.6) is 0 Å². The fraction of sp³-hybridized carbons (Fsp3) is 0.500. The molecule has 98 valence electrons. The molecule has 1 aromatic carbocycles. The highest BCUT2D eigenvalue weighted by atomic mass is 79.9. The Hall–Kier alpha value is -1.14. The van der Waals surface area contributed by atoms with Crippen molar-refractivity contribution in [3.05, 3.63) is 32.8 Å². The Morgan fingerprint density at radius 3 is 2.72 bits per heavy atom. The Labute approximate surface area is 113 Å². The van der Waals surface area contributed by atoms with E-state index in [4.69, 9.17) is 0 Å². The minimum atomic E-state index is -0.427. The minimum Gasteiger partial charge on any atom is -0.391 e. The lowest BCUT2D eigenvalue weighted by atomic mass is 9.92. The number of hydrogen-bond donors (Lipinski definition) is 2. The van der Waals surface area contributed by atoms with E-state index in [0.29, 0.717) is 4.47 Å². The molecule has 2 atom stereocenters. The topological polar surface area (TPSA) is 75.4 Å². The van der Waals surface area contributed by atoms with Crippen LogP contribution in [0.4, 0.5) is 11.4 Å². The highest BCUT2D eigenvalue weighted by Crippen LogP contribution is 2.30. The Balaban J connectivity index is 2.11. The number of hydrogen-bond acceptors (Lipinski definition) is 4. The molecule has 0 spiro atoms. The predicted molar refractivity (Wildman–Crippen MR) is 72.7 cm³/mol. The molecule has 0 saturated heterocycles. The Morgan fingerprint density at radius 1 is 1.39 bits per heavy atom. The van der Waals surface area contributed by atoms with Gasteiger partial charge in [0.15, 0.2) is 0 Å². The number of nitrogens with one attached hydrogen (secondary N) is 1. The summed E-state index contributed by atoms with van der Waals surface area (Å²) in [4.78, 5) is 10.2. The summed E-state index contributed by atoms with van der Waals surface area (Å²) in [6.07, 6.45) is 3.54. The van der Waals surface area contributed by atoms with Crippen LogP contribution >= 0.6 is 15.9 Å². The lowest BCUT2D eigenvalue weighted by molar-refractivity contribution is -0.384. The molecule has 1 aliphatic rings. The van der Waals surface area contributed by atoms with E-state index < -0.39 is 4.92 Å². The second-order valence-corrected chi connectivity index (χ2v) is 5.38. The number of nitro groups is 1. The van der Waals surface area contributed by atoms with E-state index in [2.05, 4.69) is 21.2 Å². The summed E-state index contributed by atoms with van der Waals surface area (Å²) in [6.45, 7) is 0. The quantitative estimate of drug-likeness (QED) is 0.664. The van der Waals surface area contributed by atoms with Gasteiger partial charge in [-0.15, -0.1) is 0 Å². The molecule has 2 unspecified atom stereocenters. The van der Waals surface area contributed by atoms with Crippen molar-refractivity contribution in [3.8, 4) is 0 Å². The summed E-state index contributed by atoms with van der Waals surface area (Å²) in [6, 6.07) is 4.63. The van der Waals surface area contributed by atoms with Gasteiger partial charge >= 0.3 is 0 Å². The lowest BCUT2D eigenvalue weighted by Crippen LogP contribution is -2.36. The van der Waals surface area contributed by atoms with Crippen LogP contribution in [0.3, 0.4) is 0 Å². The molecule has 2 N–H and O–H groups in total. The number of nitrogens with zero attached hydrogens (tertiary/aromatic N) is 1. The lowest BCUT2D eigenvalue weighted by Gasteiger charge is -2.29.